The van der Waals surface area contributed by atoms with Gasteiger partial charge in [-0.1, -0.05) is 12.1 Å². The second-order valence-electron chi connectivity index (χ2n) is 11.4. The van der Waals surface area contributed by atoms with E-state index in [-0.39, 0.29) is 47.4 Å². The first-order valence-electron chi connectivity index (χ1n) is 14.3. The number of carbonyl (C=O) groups excluding carboxylic acids is 3. The van der Waals surface area contributed by atoms with E-state index >= 15 is 4.39 Å². The molecule has 5 rings (SSSR count). The zero-order valence-corrected chi connectivity index (χ0v) is 22.1. The van der Waals surface area contributed by atoms with Crippen molar-refractivity contribution in [1.82, 2.24) is 15.1 Å². The third-order valence-electron chi connectivity index (χ3n) is 6.93. The molecule has 38 heavy (non-hydrogen) atoms. The normalized spacial score (nSPS) is 26.3. The summed E-state index contributed by atoms with van der Waals surface area (Å²) in [7, 11) is 0. The van der Waals surface area contributed by atoms with Gasteiger partial charge in [0.25, 0.3) is 5.91 Å². The van der Waals surface area contributed by atoms with Crippen molar-refractivity contribution < 1.29 is 27.6 Å². The minimum atomic E-state index is -2.36. The van der Waals surface area contributed by atoms with Crippen LogP contribution in [-0.4, -0.2) is 57.8 Å². The molecule has 3 amide bonds. The van der Waals surface area contributed by atoms with Gasteiger partial charge >= 0.3 is 0 Å². The first-order chi connectivity index (χ1) is 19.0. The fraction of sp³-hybridized carbons (Fsp3) is 0.483. The number of ether oxygens (including phenoxy) is 1. The number of halogens is 1. The lowest BCUT2D eigenvalue weighted by molar-refractivity contribution is -0.182. The second-order valence-corrected chi connectivity index (χ2v) is 11.4. The van der Waals surface area contributed by atoms with Crippen LogP contribution < -0.4 is 10.6 Å². The summed E-state index contributed by atoms with van der Waals surface area (Å²) >= 11 is 0. The third-order valence-corrected chi connectivity index (χ3v) is 6.93. The molecule has 1 unspecified atom stereocenters. The predicted molar refractivity (Wildman–Crippen MR) is 141 cm³/mol. The maximum absolute atomic E-state index is 15.1. The van der Waals surface area contributed by atoms with Crippen molar-refractivity contribution in [3.63, 3.8) is 0 Å². The monoisotopic (exact) mass is 525 g/mol. The van der Waals surface area contributed by atoms with Crippen LogP contribution in [0.5, 0.6) is 0 Å². The third kappa shape index (κ3) is 5.44. The molecule has 2 aromatic carbocycles. The van der Waals surface area contributed by atoms with Gasteiger partial charge in [-0.3, -0.25) is 24.6 Å². The van der Waals surface area contributed by atoms with Crippen molar-refractivity contribution in [1.29, 1.82) is 0 Å². The number of piperidine rings is 1. The first-order valence-corrected chi connectivity index (χ1v) is 12.8. The summed E-state index contributed by atoms with van der Waals surface area (Å²) in [5, 5.41) is 4.90. The van der Waals surface area contributed by atoms with Crippen molar-refractivity contribution in [2.75, 3.05) is 18.4 Å². The van der Waals surface area contributed by atoms with E-state index in [0.29, 0.717) is 25.2 Å². The van der Waals surface area contributed by atoms with Crippen LogP contribution in [0, 0.1) is 5.82 Å². The molecule has 3 aliphatic heterocycles. The number of nitrogens with zero attached hydrogens (tertiary/aromatic N) is 2. The number of imide groups is 1. The van der Waals surface area contributed by atoms with Gasteiger partial charge in [-0.15, -0.1) is 0 Å². The first kappa shape index (κ1) is 22.7. The molecule has 0 saturated carbocycles. The molecule has 0 radical (unpaired) electrons. The Morgan fingerprint density at radius 1 is 1.16 bits per heavy atom. The molecule has 0 spiro atoms. The van der Waals surface area contributed by atoms with Crippen molar-refractivity contribution >= 4 is 23.4 Å². The summed E-state index contributed by atoms with van der Waals surface area (Å²) in [5.74, 6) is -2.64. The Morgan fingerprint density at radius 2 is 1.89 bits per heavy atom. The number of amides is 3. The number of nitrogens with one attached hydrogen (secondary N) is 2. The van der Waals surface area contributed by atoms with E-state index in [9.17, 15) is 14.4 Å². The molecule has 2 saturated heterocycles. The summed E-state index contributed by atoms with van der Waals surface area (Å²) in [6.07, 6.45) is -0.214. The fourth-order valence-corrected chi connectivity index (χ4v) is 5.75. The summed E-state index contributed by atoms with van der Waals surface area (Å²) < 4.78 is 47.5. The van der Waals surface area contributed by atoms with Gasteiger partial charge in [-0.25, -0.2) is 4.39 Å². The SMILES string of the molecule is [2H]C([2H])(Nc1cccc2c1CN(C1([2H])CCC(=O)NC1=O)C2=O)c1cc(CN2CC(C)(C)OC(C)(C)C2)ccc1F. The smallest absolute Gasteiger partial charge is 0.255 e. The van der Waals surface area contributed by atoms with Crippen LogP contribution in [-0.2, 0) is 33.9 Å². The maximum Gasteiger partial charge on any atom is 0.255 e. The standard InChI is InChI=1S/C29H35FN4O4/c1-28(2)16-33(17-29(3,4)38-28)14-18-8-9-22(30)19(12-18)13-31-23-7-5-6-20-21(23)15-34(27(20)37)24-10-11-25(35)32-26(24)36/h5-9,12,24,31H,10-11,13-17H2,1-4H3,(H,32,35,36)/i13D2,24D. The molecule has 2 aromatic rings. The van der Waals surface area contributed by atoms with Crippen molar-refractivity contribution in [3.8, 4) is 0 Å². The van der Waals surface area contributed by atoms with Crippen molar-refractivity contribution in [2.45, 2.75) is 77.3 Å². The van der Waals surface area contributed by atoms with Gasteiger partial charge in [0.05, 0.1) is 15.3 Å². The minimum Gasteiger partial charge on any atom is -0.381 e. The highest BCUT2D eigenvalue weighted by Gasteiger charge is 2.40. The highest BCUT2D eigenvalue weighted by molar-refractivity contribution is 6.06. The highest BCUT2D eigenvalue weighted by Crippen LogP contribution is 2.33. The van der Waals surface area contributed by atoms with E-state index in [1.54, 1.807) is 24.3 Å². The molecular formula is C29H35FN4O4. The van der Waals surface area contributed by atoms with E-state index < -0.39 is 36.1 Å². The zero-order chi connectivity index (χ0) is 30.0. The molecule has 3 heterocycles. The molecule has 202 valence electrons. The van der Waals surface area contributed by atoms with E-state index in [2.05, 4.69) is 15.5 Å². The van der Waals surface area contributed by atoms with Crippen molar-refractivity contribution in [3.05, 3.63) is 64.5 Å². The molecule has 0 aliphatic carbocycles. The molecule has 0 bridgehead atoms. The molecule has 2 N–H and O–H groups in total. The van der Waals surface area contributed by atoms with Crippen LogP contribution in [0.2, 0.25) is 0 Å². The zero-order valence-electron chi connectivity index (χ0n) is 25.1. The predicted octanol–water partition coefficient (Wildman–Crippen LogP) is 3.59. The van der Waals surface area contributed by atoms with E-state index in [0.717, 1.165) is 10.5 Å². The van der Waals surface area contributed by atoms with Crippen LogP contribution in [0.15, 0.2) is 36.4 Å². The van der Waals surface area contributed by atoms with Crippen LogP contribution in [0.25, 0.3) is 0 Å². The highest BCUT2D eigenvalue weighted by atomic mass is 19.1. The fourth-order valence-electron chi connectivity index (χ4n) is 5.75. The van der Waals surface area contributed by atoms with Gasteiger partial charge in [-0.2, -0.15) is 0 Å². The molecule has 8 nitrogen and oxygen atoms in total. The van der Waals surface area contributed by atoms with Gasteiger partial charge in [0, 0.05) is 61.5 Å². The Labute approximate surface area is 226 Å². The molecule has 3 aliphatic rings. The van der Waals surface area contributed by atoms with Crippen molar-refractivity contribution in [2.24, 2.45) is 0 Å². The largest absolute Gasteiger partial charge is 0.381 e. The Hall–Kier alpha value is -3.30. The lowest BCUT2D eigenvalue weighted by atomic mass is 9.98. The Balaban J connectivity index is 1.39. The summed E-state index contributed by atoms with van der Waals surface area (Å²) in [6, 6.07) is 7.13. The van der Waals surface area contributed by atoms with Crippen LogP contribution in [0.1, 0.15) is 71.7 Å². The number of benzene rings is 2. The van der Waals surface area contributed by atoms with E-state index in [4.69, 9.17) is 8.85 Å². The Kier molecular flexibility index (Phi) is 5.83. The number of anilines is 1. The minimum absolute atomic E-state index is 0.0713. The topological polar surface area (TPSA) is 91.0 Å². The average molecular weight is 526 g/mol. The molecule has 0 aromatic heterocycles. The second kappa shape index (κ2) is 9.78. The maximum atomic E-state index is 15.1. The van der Waals surface area contributed by atoms with Crippen LogP contribution in [0.3, 0.4) is 0 Å². The van der Waals surface area contributed by atoms with Gasteiger partial charge in [-0.05, 0) is 63.9 Å². The Morgan fingerprint density at radius 3 is 2.61 bits per heavy atom. The number of carbonyl (C=O) groups is 3. The average Bonchev–Trinajstić information content (AvgIpc) is 3.19. The van der Waals surface area contributed by atoms with Gasteiger partial charge in [0.1, 0.15) is 11.8 Å². The quantitative estimate of drug-likeness (QED) is 0.561. The molecule has 2 fully saturated rings. The summed E-state index contributed by atoms with van der Waals surface area (Å²) in [4.78, 5) is 40.7. The lowest BCUT2D eigenvalue weighted by Gasteiger charge is -2.47. The van der Waals surface area contributed by atoms with Gasteiger partial charge < -0.3 is 15.0 Å². The van der Waals surface area contributed by atoms with E-state index in [1.165, 1.54) is 12.1 Å². The molecular weight excluding hydrogens is 487 g/mol. The van der Waals surface area contributed by atoms with Gasteiger partial charge in [0.15, 0.2) is 0 Å². The lowest BCUT2D eigenvalue weighted by Crippen LogP contribution is -2.56. The molecule has 1 atom stereocenters. The number of morpholine rings is 1. The van der Waals surface area contributed by atoms with Crippen LogP contribution in [0.4, 0.5) is 10.1 Å². The summed E-state index contributed by atoms with van der Waals surface area (Å²) in [6.45, 7) is 7.40. The molecule has 9 heteroatoms. The number of fused-ring (bicyclic) bond motifs is 1. The summed E-state index contributed by atoms with van der Waals surface area (Å²) in [5.41, 5.74) is 0.690. The Bertz CT molecular complexity index is 1420. The number of rotatable bonds is 6. The number of hydrogen-bond donors (Lipinski definition) is 2. The van der Waals surface area contributed by atoms with Crippen LogP contribution >= 0.6 is 0 Å². The van der Waals surface area contributed by atoms with Gasteiger partial charge in [0.2, 0.25) is 11.8 Å². The number of hydrogen-bond acceptors (Lipinski definition) is 6. The van der Waals surface area contributed by atoms with E-state index in [1.807, 2.05) is 27.7 Å².